The van der Waals surface area contributed by atoms with Gasteiger partial charge in [0.2, 0.25) is 5.76 Å². The summed E-state index contributed by atoms with van der Waals surface area (Å²) in [6, 6.07) is 8.71. The maximum Gasteiger partial charge on any atom is 0.416 e. The summed E-state index contributed by atoms with van der Waals surface area (Å²) in [7, 11) is 0. The second-order valence-corrected chi connectivity index (χ2v) is 5.40. The van der Waals surface area contributed by atoms with E-state index in [9.17, 15) is 23.1 Å². The van der Waals surface area contributed by atoms with Gasteiger partial charge >= 0.3 is 6.18 Å². The summed E-state index contributed by atoms with van der Waals surface area (Å²) in [5, 5.41) is 16.1. The largest absolute Gasteiger partial charge is 0.461 e. The lowest BCUT2D eigenvalue weighted by Crippen LogP contribution is -2.28. The topological polar surface area (TPSA) is 88.5 Å². The first-order chi connectivity index (χ1) is 12.3. The molecule has 3 rings (SSSR count). The number of carbonyl (C=O) groups is 1. The van der Waals surface area contributed by atoms with Crippen LogP contribution in [0.4, 0.5) is 13.2 Å². The highest BCUT2D eigenvalue weighted by Crippen LogP contribution is 2.29. The van der Waals surface area contributed by atoms with E-state index in [2.05, 4.69) is 10.5 Å². The average molecular weight is 366 g/mol. The molecule has 0 saturated carbocycles. The van der Waals surface area contributed by atoms with Crippen LogP contribution < -0.4 is 5.32 Å². The fraction of sp³-hybridized carbons (Fsp3) is 0.176. The van der Waals surface area contributed by atoms with E-state index in [4.69, 9.17) is 8.94 Å². The number of nitrogens with one attached hydrogen (secondary N) is 1. The van der Waals surface area contributed by atoms with Gasteiger partial charge in [0.05, 0.1) is 17.9 Å². The van der Waals surface area contributed by atoms with Gasteiger partial charge in [0.25, 0.3) is 5.91 Å². The lowest BCUT2D eigenvalue weighted by molar-refractivity contribution is -0.137. The molecule has 0 aliphatic carbocycles. The molecule has 0 spiro atoms. The highest BCUT2D eigenvalue weighted by Gasteiger charge is 2.30. The number of furan rings is 1. The van der Waals surface area contributed by atoms with Crippen LogP contribution in [0, 0.1) is 0 Å². The zero-order valence-corrected chi connectivity index (χ0v) is 13.2. The third-order valence-corrected chi connectivity index (χ3v) is 3.59. The molecule has 0 unspecified atom stereocenters. The highest BCUT2D eigenvalue weighted by atomic mass is 19.4. The molecule has 0 fully saturated rings. The van der Waals surface area contributed by atoms with E-state index in [0.29, 0.717) is 5.76 Å². The van der Waals surface area contributed by atoms with Crippen molar-refractivity contribution in [3.8, 4) is 11.5 Å². The molecule has 26 heavy (non-hydrogen) atoms. The number of rotatable bonds is 5. The Kier molecular flexibility index (Phi) is 4.81. The predicted molar refractivity (Wildman–Crippen MR) is 82.9 cm³/mol. The molecule has 1 atom stereocenters. The summed E-state index contributed by atoms with van der Waals surface area (Å²) in [4.78, 5) is 12.0. The number of aromatic nitrogens is 1. The number of halogens is 3. The molecule has 136 valence electrons. The van der Waals surface area contributed by atoms with Crippen molar-refractivity contribution in [1.82, 2.24) is 10.5 Å². The first-order valence-corrected chi connectivity index (χ1v) is 7.48. The van der Waals surface area contributed by atoms with Gasteiger partial charge in [0, 0.05) is 12.6 Å². The van der Waals surface area contributed by atoms with E-state index in [1.165, 1.54) is 12.3 Å². The summed E-state index contributed by atoms with van der Waals surface area (Å²) < 4.78 is 47.7. The number of aliphatic hydroxyl groups excluding tert-OH is 1. The molecule has 9 heteroatoms. The number of nitrogens with zero attached hydrogens (tertiary/aromatic N) is 1. The normalized spacial score (nSPS) is 12.8. The van der Waals surface area contributed by atoms with Gasteiger partial charge in [-0.2, -0.15) is 13.2 Å². The minimum absolute atomic E-state index is 0.0176. The Hall–Kier alpha value is -3.07. The van der Waals surface area contributed by atoms with Crippen LogP contribution in [0.15, 0.2) is 57.7 Å². The number of carbonyl (C=O) groups excluding carboxylic acids is 1. The summed E-state index contributed by atoms with van der Waals surface area (Å²) in [6.45, 7) is -0.201. The van der Waals surface area contributed by atoms with Crippen molar-refractivity contribution in [2.24, 2.45) is 0 Å². The monoisotopic (exact) mass is 366 g/mol. The second-order valence-electron chi connectivity index (χ2n) is 5.40. The fourth-order valence-electron chi connectivity index (χ4n) is 2.21. The first kappa shape index (κ1) is 17.7. The number of aliphatic hydroxyl groups is 1. The molecule has 1 aromatic carbocycles. The quantitative estimate of drug-likeness (QED) is 0.722. The van der Waals surface area contributed by atoms with Crippen molar-refractivity contribution in [1.29, 1.82) is 0 Å². The molecule has 0 radical (unpaired) electrons. The standard InChI is InChI=1S/C17H13F3N2O4/c18-17(19,20)11-5-3-10(4-6-11)13(23)9-21-16(24)12-8-15(26-22-12)14-2-1-7-25-14/h1-8,13,23H,9H2,(H,21,24)/t13-/m1/s1. The van der Waals surface area contributed by atoms with Gasteiger partial charge in [0.15, 0.2) is 11.5 Å². The summed E-state index contributed by atoms with van der Waals surface area (Å²) in [5.41, 5.74) is -0.587. The van der Waals surface area contributed by atoms with Crippen molar-refractivity contribution < 1.29 is 32.0 Å². The number of amides is 1. The van der Waals surface area contributed by atoms with E-state index in [-0.39, 0.29) is 23.6 Å². The average Bonchev–Trinajstić information content (AvgIpc) is 3.29. The minimum atomic E-state index is -4.45. The maximum atomic E-state index is 12.5. The zero-order chi connectivity index (χ0) is 18.7. The van der Waals surface area contributed by atoms with Crippen LogP contribution in [-0.4, -0.2) is 22.7 Å². The van der Waals surface area contributed by atoms with E-state index >= 15 is 0 Å². The Labute approximate surface area is 145 Å². The van der Waals surface area contributed by atoms with Crippen LogP contribution in [-0.2, 0) is 6.18 Å². The molecule has 0 bridgehead atoms. The molecule has 2 aromatic heterocycles. The Morgan fingerprint density at radius 2 is 1.92 bits per heavy atom. The molecule has 0 aliphatic rings. The fourth-order valence-corrected chi connectivity index (χ4v) is 2.21. The van der Waals surface area contributed by atoms with E-state index in [0.717, 1.165) is 24.3 Å². The van der Waals surface area contributed by atoms with Crippen molar-refractivity contribution in [2.45, 2.75) is 12.3 Å². The van der Waals surface area contributed by atoms with Gasteiger partial charge in [-0.3, -0.25) is 4.79 Å². The number of alkyl halides is 3. The van der Waals surface area contributed by atoms with E-state index in [1.807, 2.05) is 0 Å². The molecule has 3 aromatic rings. The van der Waals surface area contributed by atoms with Crippen LogP contribution in [0.5, 0.6) is 0 Å². The maximum absolute atomic E-state index is 12.5. The number of hydrogen-bond acceptors (Lipinski definition) is 5. The predicted octanol–water partition coefficient (Wildman–Crippen LogP) is 3.42. The molecular weight excluding hydrogens is 353 g/mol. The third kappa shape index (κ3) is 3.94. The molecule has 1 amide bonds. The summed E-state index contributed by atoms with van der Waals surface area (Å²) >= 11 is 0. The van der Waals surface area contributed by atoms with Gasteiger partial charge < -0.3 is 19.4 Å². The number of hydrogen-bond donors (Lipinski definition) is 2. The molecule has 6 nitrogen and oxygen atoms in total. The van der Waals surface area contributed by atoms with Crippen LogP contribution >= 0.6 is 0 Å². The second kappa shape index (κ2) is 7.04. The van der Waals surface area contributed by atoms with Gasteiger partial charge in [-0.15, -0.1) is 0 Å². The third-order valence-electron chi connectivity index (χ3n) is 3.59. The Balaban J connectivity index is 1.59. The van der Waals surface area contributed by atoms with Crippen molar-refractivity contribution in [3.05, 3.63) is 65.5 Å². The highest BCUT2D eigenvalue weighted by molar-refractivity contribution is 5.92. The van der Waals surface area contributed by atoms with Gasteiger partial charge in [-0.1, -0.05) is 17.3 Å². The van der Waals surface area contributed by atoms with E-state index < -0.39 is 23.8 Å². The Bertz CT molecular complexity index is 870. The lowest BCUT2D eigenvalue weighted by Gasteiger charge is -2.13. The Morgan fingerprint density at radius 1 is 1.19 bits per heavy atom. The number of benzene rings is 1. The molecule has 2 heterocycles. The van der Waals surface area contributed by atoms with Gasteiger partial charge in [-0.25, -0.2) is 0 Å². The molecule has 2 N–H and O–H groups in total. The summed E-state index contributed by atoms with van der Waals surface area (Å²) in [5.74, 6) is 0.0716. The molecule has 0 aliphatic heterocycles. The van der Waals surface area contributed by atoms with Gasteiger partial charge in [-0.05, 0) is 29.8 Å². The molecular formula is C17H13F3N2O4. The molecule has 0 saturated heterocycles. The van der Waals surface area contributed by atoms with Crippen LogP contribution in [0.1, 0.15) is 27.7 Å². The van der Waals surface area contributed by atoms with Crippen molar-refractivity contribution >= 4 is 5.91 Å². The zero-order valence-electron chi connectivity index (χ0n) is 13.2. The van der Waals surface area contributed by atoms with Crippen LogP contribution in [0.3, 0.4) is 0 Å². The van der Waals surface area contributed by atoms with Crippen molar-refractivity contribution in [3.63, 3.8) is 0 Å². The van der Waals surface area contributed by atoms with Gasteiger partial charge in [0.1, 0.15) is 0 Å². The summed E-state index contributed by atoms with van der Waals surface area (Å²) in [6.07, 6.45) is -4.17. The smallest absolute Gasteiger partial charge is 0.416 e. The van der Waals surface area contributed by atoms with E-state index in [1.54, 1.807) is 12.1 Å². The SMILES string of the molecule is O=C(NC[C@@H](O)c1ccc(C(F)(F)F)cc1)c1cc(-c2ccco2)on1. The minimum Gasteiger partial charge on any atom is -0.461 e. The van der Waals surface area contributed by atoms with Crippen LogP contribution in [0.2, 0.25) is 0 Å². The lowest BCUT2D eigenvalue weighted by atomic mass is 10.1. The van der Waals surface area contributed by atoms with Crippen molar-refractivity contribution in [2.75, 3.05) is 6.54 Å². The first-order valence-electron chi connectivity index (χ1n) is 7.48. The Morgan fingerprint density at radius 3 is 2.54 bits per heavy atom. The van der Waals surface area contributed by atoms with Crippen LogP contribution in [0.25, 0.3) is 11.5 Å².